The molecule has 2 saturated heterocycles. The van der Waals surface area contributed by atoms with Gasteiger partial charge in [-0.15, -0.1) is 0 Å². The lowest BCUT2D eigenvalue weighted by molar-refractivity contribution is -0.199. The van der Waals surface area contributed by atoms with Gasteiger partial charge in [0.05, 0.1) is 6.33 Å². The molecular weight excluding hydrogens is 502 g/mol. The van der Waals surface area contributed by atoms with E-state index < -0.39 is 58.3 Å². The van der Waals surface area contributed by atoms with Crippen molar-refractivity contribution in [1.29, 1.82) is 0 Å². The Balaban J connectivity index is 1.57. The molecule has 2 aliphatic rings. The minimum Gasteiger partial charge on any atom is -0.446 e. The molecule has 0 saturated carbocycles. The lowest BCUT2D eigenvalue weighted by Gasteiger charge is -2.24. The summed E-state index contributed by atoms with van der Waals surface area (Å²) in [5.74, 6) is -0.848. The van der Waals surface area contributed by atoms with Crippen LogP contribution in [0.3, 0.4) is 0 Å². The third-order valence-corrected chi connectivity index (χ3v) is 5.43. The number of carbonyl (C=O) groups is 2. The predicted octanol–water partition coefficient (Wildman–Crippen LogP) is 0.521. The van der Waals surface area contributed by atoms with E-state index in [9.17, 15) is 18.0 Å². The molecule has 2 amide bonds. The Hall–Kier alpha value is -3.12. The molecule has 0 unspecified atom stereocenters. The van der Waals surface area contributed by atoms with Gasteiger partial charge in [0.2, 0.25) is 0 Å². The Morgan fingerprint density at radius 2 is 1.86 bits per heavy atom. The largest absolute Gasteiger partial charge is 0.446 e. The molecule has 0 aliphatic carbocycles. The second-order valence-electron chi connectivity index (χ2n) is 9.55. The summed E-state index contributed by atoms with van der Waals surface area (Å²) in [5.41, 5.74) is -0.118. The summed E-state index contributed by atoms with van der Waals surface area (Å²) < 4.78 is 53.4. The van der Waals surface area contributed by atoms with Crippen molar-refractivity contribution in [2.45, 2.75) is 70.5 Å². The number of amides is 2. The highest BCUT2D eigenvalue weighted by atomic mass is 32.2. The normalized spacial score (nSPS) is 25.4. The molecule has 0 spiro atoms. The molecule has 0 radical (unpaired) electrons. The van der Waals surface area contributed by atoms with E-state index in [0.717, 1.165) is 0 Å². The number of carbonyl (C=O) groups excluding carboxylic acids is 2. The maximum Gasteiger partial charge on any atom is 0.422 e. The molecule has 17 heteroatoms. The van der Waals surface area contributed by atoms with Crippen molar-refractivity contribution >= 4 is 39.4 Å². The number of nitrogens with one attached hydrogen (secondary N) is 2. The van der Waals surface area contributed by atoms with Gasteiger partial charge in [-0.2, -0.15) is 8.42 Å². The number of rotatable bonds is 5. The van der Waals surface area contributed by atoms with Crippen LogP contribution in [0, 0.1) is 0 Å². The summed E-state index contributed by atoms with van der Waals surface area (Å²) in [5, 5.41) is 7.34. The molecule has 2 aliphatic heterocycles. The van der Waals surface area contributed by atoms with E-state index in [-0.39, 0.29) is 17.9 Å². The van der Waals surface area contributed by atoms with Crippen molar-refractivity contribution in [2.75, 3.05) is 11.9 Å². The SMILES string of the molecule is CC(C)(C)OC(=O)Nc1ncnc2c1ncn2[C@@H]1O[C@H](COC(=O)NS(N)(=O)=O)[C@H]2OC(C)(C)O[C@H]21. The lowest BCUT2D eigenvalue weighted by Crippen LogP contribution is -2.39. The molecule has 16 nitrogen and oxygen atoms in total. The Kier molecular flexibility index (Phi) is 6.54. The van der Waals surface area contributed by atoms with E-state index in [1.54, 1.807) is 39.2 Å². The second kappa shape index (κ2) is 9.07. The highest BCUT2D eigenvalue weighted by molar-refractivity contribution is 7.87. The summed E-state index contributed by atoms with van der Waals surface area (Å²) in [6, 6.07) is 0. The molecule has 4 atom stereocenters. The molecule has 0 aromatic carbocycles. The van der Waals surface area contributed by atoms with Crippen LogP contribution < -0.4 is 15.2 Å². The van der Waals surface area contributed by atoms with Gasteiger partial charge in [0.15, 0.2) is 29.0 Å². The zero-order valence-corrected chi connectivity index (χ0v) is 20.9. The van der Waals surface area contributed by atoms with E-state index in [1.165, 1.54) is 17.4 Å². The standard InChI is InChI=1S/C19H27N7O9S/c1-18(2,3)35-16(27)24-13-10-14(22-7-21-13)26(8-23-10)15-12-11(33-19(4,5)34-12)9(32-15)6-31-17(28)25-36(20,29)30/h7-9,11-12,15H,6H2,1-5H3,(H,25,28)(H2,20,29,30)(H,21,22,24,27)/t9-,11-,12-,15-/m1/s1. The number of fused-ring (bicyclic) bond motifs is 2. The molecule has 198 valence electrons. The Labute approximate surface area is 206 Å². The first kappa shape index (κ1) is 26.0. The topological polar surface area (TPSA) is 208 Å². The first-order valence-electron chi connectivity index (χ1n) is 10.8. The number of anilines is 1. The van der Waals surface area contributed by atoms with Gasteiger partial charge < -0.3 is 23.7 Å². The first-order chi connectivity index (χ1) is 16.6. The fourth-order valence-corrected chi connectivity index (χ4v) is 4.14. The number of aromatic nitrogens is 4. The van der Waals surface area contributed by atoms with Crippen LogP contribution in [0.25, 0.3) is 11.2 Å². The van der Waals surface area contributed by atoms with Gasteiger partial charge in [-0.05, 0) is 34.6 Å². The quantitative estimate of drug-likeness (QED) is 0.484. The third-order valence-electron chi connectivity index (χ3n) is 4.98. The van der Waals surface area contributed by atoms with Gasteiger partial charge in [0, 0.05) is 0 Å². The Morgan fingerprint density at radius 1 is 1.17 bits per heavy atom. The van der Waals surface area contributed by atoms with Gasteiger partial charge in [-0.25, -0.2) is 34.4 Å². The van der Waals surface area contributed by atoms with Crippen molar-refractivity contribution in [1.82, 2.24) is 24.2 Å². The Morgan fingerprint density at radius 3 is 2.53 bits per heavy atom. The number of hydrogen-bond acceptors (Lipinski definition) is 12. The predicted molar refractivity (Wildman–Crippen MR) is 121 cm³/mol. The molecule has 4 N–H and O–H groups in total. The van der Waals surface area contributed by atoms with Crippen LogP contribution >= 0.6 is 0 Å². The van der Waals surface area contributed by atoms with Gasteiger partial charge in [-0.1, -0.05) is 0 Å². The average Bonchev–Trinajstić information content (AvgIpc) is 3.35. The third kappa shape index (κ3) is 5.81. The number of imidazole rings is 1. The van der Waals surface area contributed by atoms with Gasteiger partial charge in [-0.3, -0.25) is 9.88 Å². The van der Waals surface area contributed by atoms with Crippen LogP contribution in [-0.2, 0) is 33.9 Å². The van der Waals surface area contributed by atoms with Crippen LogP contribution in [-0.4, -0.2) is 76.4 Å². The van der Waals surface area contributed by atoms with Crippen molar-refractivity contribution in [3.63, 3.8) is 0 Å². The highest BCUT2D eigenvalue weighted by Crippen LogP contribution is 2.44. The molecule has 4 rings (SSSR count). The van der Waals surface area contributed by atoms with Crippen LogP contribution in [0.5, 0.6) is 0 Å². The first-order valence-corrected chi connectivity index (χ1v) is 12.3. The molecule has 36 heavy (non-hydrogen) atoms. The molecule has 2 aromatic heterocycles. The van der Waals surface area contributed by atoms with E-state index in [1.807, 2.05) is 0 Å². The number of hydrogen-bond donors (Lipinski definition) is 3. The fraction of sp³-hybridized carbons (Fsp3) is 0.632. The smallest absolute Gasteiger partial charge is 0.422 e. The summed E-state index contributed by atoms with van der Waals surface area (Å²) in [7, 11) is -4.29. The molecular formula is C19H27N7O9S. The number of nitrogens with two attached hydrogens (primary N) is 1. The van der Waals surface area contributed by atoms with Crippen LogP contribution in [0.1, 0.15) is 40.8 Å². The van der Waals surface area contributed by atoms with Crippen molar-refractivity contribution in [3.05, 3.63) is 12.7 Å². The second-order valence-corrected chi connectivity index (χ2v) is 10.8. The number of ether oxygens (including phenoxy) is 5. The van der Waals surface area contributed by atoms with Gasteiger partial charge in [0.25, 0.3) is 0 Å². The van der Waals surface area contributed by atoms with Crippen molar-refractivity contribution in [2.24, 2.45) is 5.14 Å². The lowest BCUT2D eigenvalue weighted by atomic mass is 10.1. The van der Waals surface area contributed by atoms with Crippen LogP contribution in [0.15, 0.2) is 12.7 Å². The summed E-state index contributed by atoms with van der Waals surface area (Å²) >= 11 is 0. The fourth-order valence-electron chi connectivity index (χ4n) is 3.85. The summed E-state index contributed by atoms with van der Waals surface area (Å²) in [6.07, 6.45) is -2.28. The van der Waals surface area contributed by atoms with Crippen LogP contribution in [0.2, 0.25) is 0 Å². The zero-order chi connectivity index (χ0) is 26.5. The minimum atomic E-state index is -4.29. The van der Waals surface area contributed by atoms with E-state index in [2.05, 4.69) is 20.3 Å². The van der Waals surface area contributed by atoms with Crippen LogP contribution in [0.4, 0.5) is 15.4 Å². The van der Waals surface area contributed by atoms with E-state index >= 15 is 0 Å². The van der Waals surface area contributed by atoms with E-state index in [0.29, 0.717) is 5.65 Å². The Bertz CT molecular complexity index is 1270. The number of nitrogens with zero attached hydrogens (tertiary/aromatic N) is 4. The molecule has 4 heterocycles. The molecule has 2 fully saturated rings. The van der Waals surface area contributed by atoms with Gasteiger partial charge >= 0.3 is 22.4 Å². The monoisotopic (exact) mass is 529 g/mol. The maximum absolute atomic E-state index is 12.2. The average molecular weight is 530 g/mol. The molecule has 2 aromatic rings. The zero-order valence-electron chi connectivity index (χ0n) is 20.1. The highest BCUT2D eigenvalue weighted by Gasteiger charge is 2.56. The summed E-state index contributed by atoms with van der Waals surface area (Å²) in [6.45, 7) is 8.26. The van der Waals surface area contributed by atoms with Crippen molar-refractivity contribution in [3.8, 4) is 0 Å². The van der Waals surface area contributed by atoms with Crippen molar-refractivity contribution < 1.29 is 41.7 Å². The maximum atomic E-state index is 12.2. The van der Waals surface area contributed by atoms with Gasteiger partial charge in [0.1, 0.15) is 36.8 Å². The van der Waals surface area contributed by atoms with E-state index in [4.69, 9.17) is 28.8 Å². The minimum absolute atomic E-state index is 0.131. The molecule has 0 bridgehead atoms. The summed E-state index contributed by atoms with van der Waals surface area (Å²) in [4.78, 5) is 36.6.